The maximum atomic E-state index is 12.3. The largest absolute Gasteiger partial charge is 0.391 e. The number of aromatic nitrogens is 2. The molecular formula is C12H18ClF3N4O. The lowest BCUT2D eigenvalue weighted by atomic mass is 10.2. The fourth-order valence-corrected chi connectivity index (χ4v) is 1.88. The third-order valence-electron chi connectivity index (χ3n) is 2.68. The van der Waals surface area contributed by atoms with E-state index in [0.29, 0.717) is 13.1 Å². The molecule has 1 unspecified atom stereocenters. The van der Waals surface area contributed by atoms with E-state index in [-0.39, 0.29) is 10.7 Å². The normalized spacial score (nSPS) is 13.5. The Bertz CT molecular complexity index is 530. The maximum absolute atomic E-state index is 12.3. The van der Waals surface area contributed by atoms with Gasteiger partial charge in [0.2, 0.25) is 0 Å². The van der Waals surface area contributed by atoms with Crippen LogP contribution in [0.2, 0.25) is 5.02 Å². The summed E-state index contributed by atoms with van der Waals surface area (Å²) >= 11 is 5.90. The van der Waals surface area contributed by atoms with Crippen molar-refractivity contribution in [1.29, 1.82) is 0 Å². The first-order valence-corrected chi connectivity index (χ1v) is 6.71. The van der Waals surface area contributed by atoms with Crippen LogP contribution in [0.15, 0.2) is 11.0 Å². The highest BCUT2D eigenvalue weighted by atomic mass is 35.5. The van der Waals surface area contributed by atoms with Gasteiger partial charge in [-0.05, 0) is 21.0 Å². The van der Waals surface area contributed by atoms with Gasteiger partial charge in [0, 0.05) is 12.6 Å². The summed E-state index contributed by atoms with van der Waals surface area (Å²) in [4.78, 5) is 13.8. The first-order valence-electron chi connectivity index (χ1n) is 6.34. The molecule has 0 radical (unpaired) electrons. The van der Waals surface area contributed by atoms with Crippen molar-refractivity contribution in [3.05, 3.63) is 21.6 Å². The van der Waals surface area contributed by atoms with E-state index in [0.717, 1.165) is 0 Å². The van der Waals surface area contributed by atoms with Gasteiger partial charge in [0.05, 0.1) is 24.8 Å². The van der Waals surface area contributed by atoms with Crippen LogP contribution in [0.3, 0.4) is 0 Å². The van der Waals surface area contributed by atoms with E-state index in [1.54, 1.807) is 0 Å². The van der Waals surface area contributed by atoms with Gasteiger partial charge in [-0.1, -0.05) is 11.6 Å². The molecule has 5 nitrogen and oxygen atoms in total. The molecule has 0 saturated carbocycles. The number of anilines is 1. The van der Waals surface area contributed by atoms with Crippen molar-refractivity contribution < 1.29 is 13.2 Å². The fourth-order valence-electron chi connectivity index (χ4n) is 1.68. The summed E-state index contributed by atoms with van der Waals surface area (Å²) in [5.41, 5.74) is -0.415. The van der Waals surface area contributed by atoms with Crippen molar-refractivity contribution in [2.75, 3.05) is 26.0 Å². The lowest BCUT2D eigenvalue weighted by Crippen LogP contribution is -2.30. The number of nitrogens with one attached hydrogen (secondary N) is 1. The summed E-state index contributed by atoms with van der Waals surface area (Å²) in [7, 11) is 3.70. The van der Waals surface area contributed by atoms with E-state index < -0.39 is 24.2 Å². The summed E-state index contributed by atoms with van der Waals surface area (Å²) in [5.74, 6) is 0. The van der Waals surface area contributed by atoms with Gasteiger partial charge < -0.3 is 10.2 Å². The molecule has 1 atom stereocenters. The molecule has 1 aromatic heterocycles. The fraction of sp³-hybridized carbons (Fsp3) is 0.667. The summed E-state index contributed by atoms with van der Waals surface area (Å²) in [5, 5.41) is 6.32. The topological polar surface area (TPSA) is 50.2 Å². The van der Waals surface area contributed by atoms with Gasteiger partial charge in [-0.2, -0.15) is 18.3 Å². The van der Waals surface area contributed by atoms with Crippen LogP contribution in [-0.4, -0.2) is 47.5 Å². The molecule has 1 rings (SSSR count). The summed E-state index contributed by atoms with van der Waals surface area (Å²) in [6.07, 6.45) is -4.04. The number of nitrogens with zero attached hydrogens (tertiary/aromatic N) is 3. The zero-order valence-electron chi connectivity index (χ0n) is 12.0. The highest BCUT2D eigenvalue weighted by molar-refractivity contribution is 6.32. The minimum atomic E-state index is -4.28. The average Bonchev–Trinajstić information content (AvgIpc) is 2.31. The molecule has 1 heterocycles. The van der Waals surface area contributed by atoms with Gasteiger partial charge in [0.25, 0.3) is 5.56 Å². The van der Waals surface area contributed by atoms with E-state index >= 15 is 0 Å². The molecule has 0 bridgehead atoms. The number of alkyl halides is 3. The van der Waals surface area contributed by atoms with E-state index in [4.69, 9.17) is 11.6 Å². The number of hydrogen-bond donors (Lipinski definition) is 1. The Hall–Kier alpha value is -1.28. The van der Waals surface area contributed by atoms with Gasteiger partial charge in [-0.25, -0.2) is 4.68 Å². The molecule has 0 aliphatic carbocycles. The molecule has 0 aliphatic heterocycles. The van der Waals surface area contributed by atoms with E-state index in [9.17, 15) is 18.0 Å². The zero-order chi connectivity index (χ0) is 16.2. The second-order valence-electron chi connectivity index (χ2n) is 5.07. The van der Waals surface area contributed by atoms with Crippen LogP contribution in [-0.2, 0) is 6.54 Å². The van der Waals surface area contributed by atoms with Crippen molar-refractivity contribution >= 4 is 17.3 Å². The van der Waals surface area contributed by atoms with E-state index in [1.807, 2.05) is 19.0 Å². The third kappa shape index (κ3) is 5.92. The van der Waals surface area contributed by atoms with Crippen molar-refractivity contribution in [3.8, 4) is 0 Å². The molecule has 120 valence electrons. The predicted octanol–water partition coefficient (Wildman–Crippen LogP) is 2.21. The molecule has 9 heteroatoms. The third-order valence-corrected chi connectivity index (χ3v) is 3.05. The lowest BCUT2D eigenvalue weighted by Gasteiger charge is -2.18. The highest BCUT2D eigenvalue weighted by Crippen LogP contribution is 2.24. The van der Waals surface area contributed by atoms with Crippen LogP contribution in [0, 0.1) is 0 Å². The Morgan fingerprint density at radius 3 is 2.62 bits per heavy atom. The Morgan fingerprint density at radius 1 is 1.48 bits per heavy atom. The molecule has 1 aromatic rings. The Labute approximate surface area is 125 Å². The van der Waals surface area contributed by atoms with Crippen LogP contribution in [0.25, 0.3) is 0 Å². The van der Waals surface area contributed by atoms with Gasteiger partial charge in [0.1, 0.15) is 5.02 Å². The molecule has 0 fully saturated rings. The standard InChI is InChI=1S/C12H18ClF3N4O/c1-8(6-12(14,15)16)18-9-7-17-20(5-4-19(2)3)11(21)10(9)13/h7-8,18H,4-6H2,1-3H3. The molecule has 1 N–H and O–H groups in total. The number of likely N-dealkylation sites (N-methyl/N-ethyl adjacent to an activating group) is 1. The number of hydrogen-bond acceptors (Lipinski definition) is 4. The minimum Gasteiger partial charge on any atom is -0.380 e. The molecule has 0 spiro atoms. The molecule has 0 saturated heterocycles. The molecule has 21 heavy (non-hydrogen) atoms. The average molecular weight is 327 g/mol. The van der Waals surface area contributed by atoms with Crippen molar-refractivity contribution in [2.24, 2.45) is 0 Å². The van der Waals surface area contributed by atoms with Crippen molar-refractivity contribution in [3.63, 3.8) is 0 Å². The Balaban J connectivity index is 2.82. The Morgan fingerprint density at radius 2 is 2.10 bits per heavy atom. The van der Waals surface area contributed by atoms with Gasteiger partial charge >= 0.3 is 6.18 Å². The quantitative estimate of drug-likeness (QED) is 0.871. The minimum absolute atomic E-state index is 0.111. The highest BCUT2D eigenvalue weighted by Gasteiger charge is 2.30. The van der Waals surface area contributed by atoms with Crippen LogP contribution < -0.4 is 10.9 Å². The molecular weight excluding hydrogens is 309 g/mol. The summed E-state index contributed by atoms with van der Waals surface area (Å²) < 4.78 is 38.0. The first kappa shape index (κ1) is 17.8. The first-order chi connectivity index (χ1) is 9.60. The van der Waals surface area contributed by atoms with Crippen molar-refractivity contribution in [1.82, 2.24) is 14.7 Å². The second kappa shape index (κ2) is 7.13. The van der Waals surface area contributed by atoms with Crippen LogP contribution >= 0.6 is 11.6 Å². The van der Waals surface area contributed by atoms with Gasteiger partial charge in [-0.15, -0.1) is 0 Å². The number of rotatable bonds is 6. The molecule has 0 aliphatic rings. The maximum Gasteiger partial charge on any atom is 0.391 e. The van der Waals surface area contributed by atoms with Crippen molar-refractivity contribution in [2.45, 2.75) is 32.1 Å². The van der Waals surface area contributed by atoms with Crippen LogP contribution in [0.4, 0.5) is 18.9 Å². The van der Waals surface area contributed by atoms with Gasteiger partial charge in [-0.3, -0.25) is 4.79 Å². The number of halogens is 4. The monoisotopic (exact) mass is 326 g/mol. The summed E-state index contributed by atoms with van der Waals surface area (Å²) in [6.45, 7) is 2.31. The summed E-state index contributed by atoms with van der Waals surface area (Å²) in [6, 6.07) is -0.902. The van der Waals surface area contributed by atoms with Crippen LogP contribution in [0.5, 0.6) is 0 Å². The Kier molecular flexibility index (Phi) is 6.03. The second-order valence-corrected chi connectivity index (χ2v) is 5.45. The molecule has 0 amide bonds. The van der Waals surface area contributed by atoms with E-state index in [2.05, 4.69) is 10.4 Å². The van der Waals surface area contributed by atoms with Gasteiger partial charge in [0.15, 0.2) is 0 Å². The van der Waals surface area contributed by atoms with Crippen LogP contribution in [0.1, 0.15) is 13.3 Å². The zero-order valence-corrected chi connectivity index (χ0v) is 12.8. The SMILES string of the molecule is CC(CC(F)(F)F)Nc1cnn(CCN(C)C)c(=O)c1Cl. The lowest BCUT2D eigenvalue weighted by molar-refractivity contribution is -0.136. The molecule has 0 aromatic carbocycles. The predicted molar refractivity (Wildman–Crippen MR) is 75.8 cm³/mol. The smallest absolute Gasteiger partial charge is 0.380 e. The van der Waals surface area contributed by atoms with E-state index in [1.165, 1.54) is 17.8 Å².